The van der Waals surface area contributed by atoms with E-state index in [1.807, 2.05) is 0 Å². The number of piperidine rings is 1. The van der Waals surface area contributed by atoms with Crippen LogP contribution in [-0.2, 0) is 4.79 Å². The van der Waals surface area contributed by atoms with Gasteiger partial charge < -0.3 is 20.4 Å². The summed E-state index contributed by atoms with van der Waals surface area (Å²) in [6.07, 6.45) is 1.48. The number of nitrogens with two attached hydrogens (primary N) is 1. The molecule has 1 aliphatic heterocycles. The third-order valence-corrected chi connectivity index (χ3v) is 4.48. The van der Waals surface area contributed by atoms with Crippen molar-refractivity contribution < 1.29 is 18.4 Å². The predicted molar refractivity (Wildman–Crippen MR) is 102 cm³/mol. The summed E-state index contributed by atoms with van der Waals surface area (Å²) in [6.45, 7) is 1.71. The SMILES string of the molecule is Cl.NCCNC(=O)C1CCCN(C(=O)c2ccc(-c3ccccc3F)o2)C1. The Bertz CT molecular complexity index is 796. The largest absolute Gasteiger partial charge is 0.451 e. The van der Waals surface area contributed by atoms with Crippen LogP contribution in [0.3, 0.4) is 0 Å². The normalized spacial score (nSPS) is 16.5. The summed E-state index contributed by atoms with van der Waals surface area (Å²) >= 11 is 0. The average molecular weight is 396 g/mol. The Morgan fingerprint density at radius 2 is 2.04 bits per heavy atom. The van der Waals surface area contributed by atoms with Crippen molar-refractivity contribution in [3.05, 3.63) is 48.0 Å². The third-order valence-electron chi connectivity index (χ3n) is 4.48. The minimum atomic E-state index is -0.407. The molecule has 6 nitrogen and oxygen atoms in total. The molecular formula is C19H23ClFN3O3. The first-order chi connectivity index (χ1) is 12.6. The van der Waals surface area contributed by atoms with Crippen molar-refractivity contribution in [2.24, 2.45) is 11.7 Å². The van der Waals surface area contributed by atoms with E-state index in [-0.39, 0.29) is 35.9 Å². The fourth-order valence-corrected chi connectivity index (χ4v) is 3.13. The van der Waals surface area contributed by atoms with Gasteiger partial charge in [-0.1, -0.05) is 12.1 Å². The molecule has 1 fully saturated rings. The van der Waals surface area contributed by atoms with Crippen LogP contribution >= 0.6 is 12.4 Å². The molecule has 8 heteroatoms. The highest BCUT2D eigenvalue weighted by molar-refractivity contribution is 5.92. The van der Waals surface area contributed by atoms with E-state index in [0.717, 1.165) is 12.8 Å². The van der Waals surface area contributed by atoms with Crippen molar-refractivity contribution >= 4 is 24.2 Å². The highest BCUT2D eigenvalue weighted by Gasteiger charge is 2.30. The molecule has 2 amide bonds. The van der Waals surface area contributed by atoms with Crippen LogP contribution in [0.1, 0.15) is 23.4 Å². The Labute approximate surface area is 163 Å². The number of rotatable bonds is 5. The van der Waals surface area contributed by atoms with E-state index < -0.39 is 5.82 Å². The molecule has 27 heavy (non-hydrogen) atoms. The van der Waals surface area contributed by atoms with Gasteiger partial charge in [-0.25, -0.2) is 4.39 Å². The van der Waals surface area contributed by atoms with Gasteiger partial charge in [0, 0.05) is 26.2 Å². The van der Waals surface area contributed by atoms with Gasteiger partial charge in [-0.3, -0.25) is 9.59 Å². The number of nitrogens with one attached hydrogen (secondary N) is 1. The average Bonchev–Trinajstić information content (AvgIpc) is 3.16. The van der Waals surface area contributed by atoms with Crippen molar-refractivity contribution in [3.63, 3.8) is 0 Å². The molecule has 0 spiro atoms. The number of carbonyl (C=O) groups excluding carboxylic acids is 2. The molecule has 0 saturated carbocycles. The molecule has 1 aliphatic rings. The molecule has 2 aromatic rings. The monoisotopic (exact) mass is 395 g/mol. The van der Waals surface area contributed by atoms with Gasteiger partial charge in [-0.05, 0) is 37.1 Å². The number of likely N-dealkylation sites (tertiary alicyclic amines) is 1. The number of hydrogen-bond acceptors (Lipinski definition) is 4. The summed E-state index contributed by atoms with van der Waals surface area (Å²) in [5.74, 6) is -0.578. The fraction of sp³-hybridized carbons (Fsp3) is 0.368. The van der Waals surface area contributed by atoms with Gasteiger partial charge in [0.1, 0.15) is 11.6 Å². The summed E-state index contributed by atoms with van der Waals surface area (Å²) in [5, 5.41) is 2.77. The lowest BCUT2D eigenvalue weighted by molar-refractivity contribution is -0.126. The molecule has 3 rings (SSSR count). The number of amides is 2. The maximum atomic E-state index is 13.9. The lowest BCUT2D eigenvalue weighted by Crippen LogP contribution is -2.46. The quantitative estimate of drug-likeness (QED) is 0.813. The summed E-state index contributed by atoms with van der Waals surface area (Å²) in [5.41, 5.74) is 5.71. The lowest BCUT2D eigenvalue weighted by Gasteiger charge is -2.31. The summed E-state index contributed by atoms with van der Waals surface area (Å²) in [6, 6.07) is 9.37. The Hall–Kier alpha value is -2.38. The van der Waals surface area contributed by atoms with Gasteiger partial charge in [0.25, 0.3) is 5.91 Å². The molecule has 1 aromatic carbocycles. The zero-order chi connectivity index (χ0) is 18.5. The highest BCUT2D eigenvalue weighted by atomic mass is 35.5. The molecule has 146 valence electrons. The minimum absolute atomic E-state index is 0. The van der Waals surface area contributed by atoms with Crippen molar-refractivity contribution in [1.82, 2.24) is 10.2 Å². The predicted octanol–water partition coefficient (Wildman–Crippen LogP) is 2.43. The Morgan fingerprint density at radius 1 is 1.26 bits per heavy atom. The first kappa shape index (κ1) is 20.9. The van der Waals surface area contributed by atoms with Crippen LogP contribution in [-0.4, -0.2) is 42.9 Å². The number of carbonyl (C=O) groups is 2. The fourth-order valence-electron chi connectivity index (χ4n) is 3.13. The Morgan fingerprint density at radius 3 is 2.78 bits per heavy atom. The number of halogens is 2. The molecular weight excluding hydrogens is 373 g/mol. The van der Waals surface area contributed by atoms with Crippen molar-refractivity contribution in [3.8, 4) is 11.3 Å². The maximum Gasteiger partial charge on any atom is 0.289 e. The van der Waals surface area contributed by atoms with Gasteiger partial charge >= 0.3 is 0 Å². The highest BCUT2D eigenvalue weighted by Crippen LogP contribution is 2.26. The van der Waals surface area contributed by atoms with Gasteiger partial charge in [0.05, 0.1) is 11.5 Å². The maximum absolute atomic E-state index is 13.9. The van der Waals surface area contributed by atoms with E-state index in [0.29, 0.717) is 37.5 Å². The van der Waals surface area contributed by atoms with Crippen LogP contribution in [0.15, 0.2) is 40.8 Å². The van der Waals surface area contributed by atoms with E-state index >= 15 is 0 Å². The Balaban J connectivity index is 0.00000261. The standard InChI is InChI=1S/C19H22FN3O3.ClH/c20-15-6-2-1-5-14(15)16-7-8-17(26-16)19(25)23-11-3-4-13(12-23)18(24)22-10-9-21;/h1-2,5-8,13H,3-4,9-12,21H2,(H,22,24);1H. The zero-order valence-corrected chi connectivity index (χ0v) is 15.6. The van der Waals surface area contributed by atoms with E-state index in [2.05, 4.69) is 5.32 Å². The molecule has 0 aliphatic carbocycles. The van der Waals surface area contributed by atoms with Crippen molar-refractivity contribution in [2.75, 3.05) is 26.2 Å². The lowest BCUT2D eigenvalue weighted by atomic mass is 9.97. The van der Waals surface area contributed by atoms with Crippen LogP contribution in [0.5, 0.6) is 0 Å². The number of furan rings is 1. The smallest absolute Gasteiger partial charge is 0.289 e. The Kier molecular flexibility index (Phi) is 7.38. The van der Waals surface area contributed by atoms with Crippen molar-refractivity contribution in [1.29, 1.82) is 0 Å². The van der Waals surface area contributed by atoms with Crippen LogP contribution in [0.2, 0.25) is 0 Å². The first-order valence-corrected chi connectivity index (χ1v) is 8.72. The van der Waals surface area contributed by atoms with E-state index in [1.165, 1.54) is 6.07 Å². The van der Waals surface area contributed by atoms with Crippen LogP contribution in [0.4, 0.5) is 4.39 Å². The topological polar surface area (TPSA) is 88.6 Å². The van der Waals surface area contributed by atoms with Crippen LogP contribution in [0.25, 0.3) is 11.3 Å². The molecule has 1 atom stereocenters. The summed E-state index contributed by atoms with van der Waals surface area (Å²) in [7, 11) is 0. The minimum Gasteiger partial charge on any atom is -0.451 e. The van der Waals surface area contributed by atoms with Crippen molar-refractivity contribution in [2.45, 2.75) is 12.8 Å². The number of benzene rings is 1. The molecule has 3 N–H and O–H groups in total. The van der Waals surface area contributed by atoms with Crippen LogP contribution < -0.4 is 11.1 Å². The van der Waals surface area contributed by atoms with Gasteiger partial charge in [-0.2, -0.15) is 0 Å². The summed E-state index contributed by atoms with van der Waals surface area (Å²) < 4.78 is 19.5. The molecule has 1 saturated heterocycles. The molecule has 2 heterocycles. The van der Waals surface area contributed by atoms with Gasteiger partial charge in [0.2, 0.25) is 5.91 Å². The summed E-state index contributed by atoms with van der Waals surface area (Å²) in [4.78, 5) is 26.4. The second-order valence-electron chi connectivity index (χ2n) is 6.31. The van der Waals surface area contributed by atoms with E-state index in [4.69, 9.17) is 10.2 Å². The first-order valence-electron chi connectivity index (χ1n) is 8.72. The number of nitrogens with zero attached hydrogens (tertiary/aromatic N) is 1. The molecule has 1 unspecified atom stereocenters. The second kappa shape index (κ2) is 9.53. The third kappa shape index (κ3) is 4.87. The van der Waals surface area contributed by atoms with Crippen LogP contribution in [0, 0.1) is 11.7 Å². The van der Waals surface area contributed by atoms with E-state index in [9.17, 15) is 14.0 Å². The van der Waals surface area contributed by atoms with E-state index in [1.54, 1.807) is 35.2 Å². The molecule has 0 bridgehead atoms. The second-order valence-corrected chi connectivity index (χ2v) is 6.31. The van der Waals surface area contributed by atoms with Gasteiger partial charge in [-0.15, -0.1) is 12.4 Å². The molecule has 0 radical (unpaired) electrons. The zero-order valence-electron chi connectivity index (χ0n) is 14.8. The number of hydrogen-bond donors (Lipinski definition) is 2. The molecule has 1 aromatic heterocycles. The van der Waals surface area contributed by atoms with Gasteiger partial charge in [0.15, 0.2) is 5.76 Å².